The number of esters is 1. The van der Waals surface area contributed by atoms with Crippen molar-refractivity contribution in [1.29, 1.82) is 0 Å². The molecule has 0 saturated carbocycles. The Morgan fingerprint density at radius 1 is 1.50 bits per heavy atom. The van der Waals surface area contributed by atoms with Crippen molar-refractivity contribution < 1.29 is 25.2 Å². The molecule has 1 atom stereocenters. The summed E-state index contributed by atoms with van der Waals surface area (Å²) in [7, 11) is 1.00. The summed E-state index contributed by atoms with van der Waals surface area (Å²) in [4.78, 5) is 10.2. The van der Waals surface area contributed by atoms with Crippen molar-refractivity contribution in [1.82, 2.24) is 0 Å². The van der Waals surface area contributed by atoms with Crippen molar-refractivity contribution in [3.63, 3.8) is 0 Å². The molecule has 12 heavy (non-hydrogen) atoms. The average molecular weight is 182 g/mol. The molecule has 0 aliphatic carbocycles. The zero-order valence-corrected chi connectivity index (χ0v) is 7.70. The van der Waals surface area contributed by atoms with E-state index in [0.717, 1.165) is 7.11 Å². The van der Waals surface area contributed by atoms with Crippen molar-refractivity contribution in [2.24, 2.45) is 0 Å². The fourth-order valence-electron chi connectivity index (χ4n) is 0.484. The zero-order valence-electron chi connectivity index (χ0n) is 7.70. The molecular weight excluding hydrogens is 164 g/mol. The number of ether oxygens (including phenoxy) is 1. The SMILES string of the molecule is CCC(CO)OC(C)=O.CO.O. The first-order chi connectivity index (χ1) is 5.20. The van der Waals surface area contributed by atoms with Crippen molar-refractivity contribution in [2.75, 3.05) is 13.7 Å². The minimum absolute atomic E-state index is 0. The van der Waals surface area contributed by atoms with Crippen LogP contribution in [0.5, 0.6) is 0 Å². The molecule has 0 aromatic rings. The Morgan fingerprint density at radius 3 is 2.00 bits per heavy atom. The second-order valence-corrected chi connectivity index (χ2v) is 1.82. The second kappa shape index (κ2) is 13.0. The van der Waals surface area contributed by atoms with Gasteiger partial charge in [0.25, 0.3) is 0 Å². The molecular formula is C7H18O5. The number of hydrogen-bond acceptors (Lipinski definition) is 4. The monoisotopic (exact) mass is 182 g/mol. The predicted molar refractivity (Wildman–Crippen MR) is 44.7 cm³/mol. The molecule has 76 valence electrons. The van der Waals surface area contributed by atoms with Crippen LogP contribution in [0, 0.1) is 0 Å². The number of carbonyl (C=O) groups is 1. The third kappa shape index (κ3) is 12.1. The molecule has 0 spiro atoms. The summed E-state index contributed by atoms with van der Waals surface area (Å²) in [5, 5.41) is 15.5. The molecule has 5 heteroatoms. The first-order valence-corrected chi connectivity index (χ1v) is 3.43. The lowest BCUT2D eigenvalue weighted by Crippen LogP contribution is -2.18. The van der Waals surface area contributed by atoms with Crippen LogP contribution in [0.25, 0.3) is 0 Å². The molecule has 0 aliphatic heterocycles. The van der Waals surface area contributed by atoms with E-state index in [1.54, 1.807) is 0 Å². The Morgan fingerprint density at radius 2 is 1.92 bits per heavy atom. The minimum Gasteiger partial charge on any atom is -0.460 e. The van der Waals surface area contributed by atoms with Gasteiger partial charge in [-0.25, -0.2) is 0 Å². The van der Waals surface area contributed by atoms with Crippen LogP contribution in [0.2, 0.25) is 0 Å². The number of rotatable bonds is 3. The van der Waals surface area contributed by atoms with E-state index >= 15 is 0 Å². The van der Waals surface area contributed by atoms with Crippen LogP contribution in [0.4, 0.5) is 0 Å². The summed E-state index contributed by atoms with van der Waals surface area (Å²) in [6.07, 6.45) is 0.346. The van der Waals surface area contributed by atoms with Crippen molar-refractivity contribution >= 4 is 5.97 Å². The summed E-state index contributed by atoms with van der Waals surface area (Å²) >= 11 is 0. The Labute approximate surface area is 72.3 Å². The molecule has 0 radical (unpaired) electrons. The normalized spacial score (nSPS) is 10.1. The predicted octanol–water partition coefficient (Wildman–Crippen LogP) is -0.896. The van der Waals surface area contributed by atoms with Gasteiger partial charge in [-0.15, -0.1) is 0 Å². The molecule has 0 aromatic heterocycles. The van der Waals surface area contributed by atoms with Crippen LogP contribution in [0.15, 0.2) is 0 Å². The van der Waals surface area contributed by atoms with Gasteiger partial charge in [0.15, 0.2) is 0 Å². The lowest BCUT2D eigenvalue weighted by molar-refractivity contribution is -0.148. The standard InChI is InChI=1S/C6H12O3.CH4O.H2O/c1-3-6(4-7)9-5(2)8;1-2;/h6-7H,3-4H2,1-2H3;2H,1H3;1H2. The maximum Gasteiger partial charge on any atom is 0.302 e. The van der Waals surface area contributed by atoms with Crippen LogP contribution in [-0.4, -0.2) is 41.5 Å². The van der Waals surface area contributed by atoms with Crippen LogP contribution >= 0.6 is 0 Å². The van der Waals surface area contributed by atoms with Gasteiger partial charge in [-0.05, 0) is 6.42 Å². The van der Waals surface area contributed by atoms with Crippen LogP contribution in [0.1, 0.15) is 20.3 Å². The Balaban J connectivity index is -0.000000249. The Hall–Kier alpha value is -0.650. The highest BCUT2D eigenvalue weighted by molar-refractivity contribution is 5.66. The summed E-state index contributed by atoms with van der Waals surface area (Å²) in [5.74, 6) is -0.337. The highest BCUT2D eigenvalue weighted by atomic mass is 16.5. The molecule has 0 aromatic carbocycles. The quantitative estimate of drug-likeness (QED) is 0.553. The first-order valence-electron chi connectivity index (χ1n) is 3.43. The van der Waals surface area contributed by atoms with E-state index in [0.29, 0.717) is 6.42 Å². The van der Waals surface area contributed by atoms with Gasteiger partial charge in [-0.2, -0.15) is 0 Å². The van der Waals surface area contributed by atoms with Gasteiger partial charge in [0.2, 0.25) is 0 Å². The van der Waals surface area contributed by atoms with Gasteiger partial charge in [0.05, 0.1) is 6.61 Å². The van der Waals surface area contributed by atoms with E-state index in [1.165, 1.54) is 6.92 Å². The molecule has 0 heterocycles. The summed E-state index contributed by atoms with van der Waals surface area (Å²) in [6, 6.07) is 0. The van der Waals surface area contributed by atoms with E-state index in [9.17, 15) is 4.79 Å². The second-order valence-electron chi connectivity index (χ2n) is 1.82. The van der Waals surface area contributed by atoms with E-state index in [4.69, 9.17) is 10.2 Å². The summed E-state index contributed by atoms with van der Waals surface area (Å²) in [5.41, 5.74) is 0. The highest BCUT2D eigenvalue weighted by Crippen LogP contribution is 1.95. The van der Waals surface area contributed by atoms with Crippen molar-refractivity contribution in [3.05, 3.63) is 0 Å². The molecule has 0 saturated heterocycles. The topological polar surface area (TPSA) is 98.3 Å². The van der Waals surface area contributed by atoms with Crippen LogP contribution < -0.4 is 0 Å². The number of hydrogen-bond donors (Lipinski definition) is 2. The molecule has 0 amide bonds. The molecule has 5 nitrogen and oxygen atoms in total. The van der Waals surface area contributed by atoms with Gasteiger partial charge in [-0.1, -0.05) is 6.92 Å². The Bertz CT molecular complexity index is 89.8. The van der Waals surface area contributed by atoms with E-state index in [1.807, 2.05) is 6.92 Å². The van der Waals surface area contributed by atoms with Gasteiger partial charge < -0.3 is 20.4 Å². The van der Waals surface area contributed by atoms with E-state index in [2.05, 4.69) is 4.74 Å². The molecule has 0 rings (SSSR count). The number of carbonyl (C=O) groups excluding carboxylic acids is 1. The molecule has 0 aliphatic rings. The highest BCUT2D eigenvalue weighted by Gasteiger charge is 2.05. The largest absolute Gasteiger partial charge is 0.460 e. The van der Waals surface area contributed by atoms with Gasteiger partial charge in [0, 0.05) is 14.0 Å². The Kier molecular flexibility index (Phi) is 18.9. The molecule has 0 fully saturated rings. The fraction of sp³-hybridized carbons (Fsp3) is 0.857. The molecule has 0 bridgehead atoms. The molecule has 1 unspecified atom stereocenters. The number of aliphatic hydroxyl groups excluding tert-OH is 2. The molecule has 4 N–H and O–H groups in total. The summed E-state index contributed by atoms with van der Waals surface area (Å²) in [6.45, 7) is 3.10. The lowest BCUT2D eigenvalue weighted by Gasteiger charge is -2.10. The maximum absolute atomic E-state index is 10.2. The third-order valence-electron chi connectivity index (χ3n) is 0.992. The van der Waals surface area contributed by atoms with E-state index < -0.39 is 0 Å². The summed E-state index contributed by atoms with van der Waals surface area (Å²) < 4.78 is 4.66. The van der Waals surface area contributed by atoms with Gasteiger partial charge in [0.1, 0.15) is 6.10 Å². The minimum atomic E-state index is -0.337. The maximum atomic E-state index is 10.2. The first kappa shape index (κ1) is 17.4. The van der Waals surface area contributed by atoms with E-state index in [-0.39, 0.29) is 24.2 Å². The van der Waals surface area contributed by atoms with Crippen LogP contribution in [-0.2, 0) is 9.53 Å². The van der Waals surface area contributed by atoms with Crippen molar-refractivity contribution in [2.45, 2.75) is 26.4 Å². The zero-order chi connectivity index (χ0) is 9.28. The van der Waals surface area contributed by atoms with Gasteiger partial charge >= 0.3 is 5.97 Å². The average Bonchev–Trinajstić information content (AvgIpc) is 2.03. The number of aliphatic hydroxyl groups is 2. The third-order valence-corrected chi connectivity index (χ3v) is 0.992. The smallest absolute Gasteiger partial charge is 0.302 e. The van der Waals surface area contributed by atoms with Gasteiger partial charge in [-0.3, -0.25) is 4.79 Å². The van der Waals surface area contributed by atoms with Crippen LogP contribution in [0.3, 0.4) is 0 Å². The van der Waals surface area contributed by atoms with Crippen molar-refractivity contribution in [3.8, 4) is 0 Å². The fourth-order valence-corrected chi connectivity index (χ4v) is 0.484. The lowest BCUT2D eigenvalue weighted by atomic mass is 10.3.